The van der Waals surface area contributed by atoms with Crippen molar-refractivity contribution in [3.05, 3.63) is 37.9 Å². The molecule has 15 heavy (non-hydrogen) atoms. The van der Waals surface area contributed by atoms with Gasteiger partial charge in [-0.2, -0.15) is 0 Å². The van der Waals surface area contributed by atoms with Gasteiger partial charge in [-0.3, -0.25) is 10.1 Å². The van der Waals surface area contributed by atoms with E-state index in [9.17, 15) is 10.1 Å². The molecule has 0 amide bonds. The number of hydrogen-bond donors (Lipinski definition) is 0. The van der Waals surface area contributed by atoms with Crippen LogP contribution in [0.5, 0.6) is 0 Å². The van der Waals surface area contributed by atoms with Gasteiger partial charge in [-0.15, -0.1) is 0 Å². The smallest absolute Gasteiger partial charge is 0.258 e. The highest BCUT2D eigenvalue weighted by Gasteiger charge is 2.18. The van der Waals surface area contributed by atoms with Crippen molar-refractivity contribution in [2.24, 2.45) is 0 Å². The molecule has 0 radical (unpaired) electrons. The first-order valence-corrected chi connectivity index (χ1v) is 5.44. The lowest BCUT2D eigenvalue weighted by Gasteiger charge is -2.03. The highest BCUT2D eigenvalue weighted by Crippen LogP contribution is 2.33. The SMILES string of the molecule is CCCCc1cc(Cl)c([N+](=O)[O-])c(Cl)c1. The number of rotatable bonds is 4. The Morgan fingerprint density at radius 3 is 2.27 bits per heavy atom. The Labute approximate surface area is 98.2 Å². The first-order valence-electron chi connectivity index (χ1n) is 4.68. The number of benzene rings is 1. The van der Waals surface area contributed by atoms with Gasteiger partial charge in [0.2, 0.25) is 0 Å². The molecular weight excluding hydrogens is 237 g/mol. The lowest BCUT2D eigenvalue weighted by Crippen LogP contribution is -1.93. The molecule has 82 valence electrons. The van der Waals surface area contributed by atoms with E-state index in [0.29, 0.717) is 0 Å². The van der Waals surface area contributed by atoms with Gasteiger partial charge in [0.1, 0.15) is 10.0 Å². The predicted molar refractivity (Wildman–Crippen MR) is 61.7 cm³/mol. The van der Waals surface area contributed by atoms with Crippen LogP contribution in [0.3, 0.4) is 0 Å². The zero-order chi connectivity index (χ0) is 11.4. The van der Waals surface area contributed by atoms with E-state index in [4.69, 9.17) is 23.2 Å². The lowest BCUT2D eigenvalue weighted by atomic mass is 10.1. The minimum Gasteiger partial charge on any atom is -0.258 e. The highest BCUT2D eigenvalue weighted by atomic mass is 35.5. The summed E-state index contributed by atoms with van der Waals surface area (Å²) >= 11 is 11.6. The molecule has 0 unspecified atom stereocenters. The minimum absolute atomic E-state index is 0.110. The van der Waals surface area contributed by atoms with E-state index in [0.717, 1.165) is 24.8 Å². The van der Waals surface area contributed by atoms with Gasteiger partial charge >= 0.3 is 5.69 Å². The molecule has 0 aliphatic carbocycles. The summed E-state index contributed by atoms with van der Waals surface area (Å²) in [7, 11) is 0. The summed E-state index contributed by atoms with van der Waals surface area (Å²) in [6.45, 7) is 2.08. The Balaban J connectivity index is 3.03. The first kappa shape index (κ1) is 12.3. The third kappa shape index (κ3) is 3.08. The quantitative estimate of drug-likeness (QED) is 0.590. The molecule has 0 saturated heterocycles. The maximum absolute atomic E-state index is 10.6. The number of halogens is 2. The molecule has 0 aromatic heterocycles. The van der Waals surface area contributed by atoms with Gasteiger partial charge in [-0.1, -0.05) is 36.5 Å². The molecule has 0 bridgehead atoms. The Kier molecular flexibility index (Phi) is 4.36. The van der Waals surface area contributed by atoms with E-state index in [1.165, 1.54) is 0 Å². The average molecular weight is 248 g/mol. The van der Waals surface area contributed by atoms with Gasteiger partial charge in [-0.25, -0.2) is 0 Å². The third-order valence-corrected chi connectivity index (χ3v) is 2.65. The molecule has 0 spiro atoms. The standard InChI is InChI=1S/C10H11Cl2NO2/c1-2-3-4-7-5-8(11)10(13(14)15)9(12)6-7/h5-6H,2-4H2,1H3. The molecule has 0 atom stereocenters. The van der Waals surface area contributed by atoms with Gasteiger partial charge < -0.3 is 0 Å². The molecule has 1 rings (SSSR count). The van der Waals surface area contributed by atoms with E-state index in [1.54, 1.807) is 12.1 Å². The van der Waals surface area contributed by atoms with Crippen LogP contribution in [0.15, 0.2) is 12.1 Å². The average Bonchev–Trinajstić information content (AvgIpc) is 2.12. The number of nitro benzene ring substituents is 1. The molecule has 1 aromatic carbocycles. The highest BCUT2D eigenvalue weighted by molar-refractivity contribution is 6.38. The summed E-state index contributed by atoms with van der Waals surface area (Å²) in [5.74, 6) is 0. The van der Waals surface area contributed by atoms with Crippen LogP contribution >= 0.6 is 23.2 Å². The topological polar surface area (TPSA) is 43.1 Å². The zero-order valence-electron chi connectivity index (χ0n) is 8.30. The summed E-state index contributed by atoms with van der Waals surface area (Å²) in [5, 5.41) is 10.8. The van der Waals surface area contributed by atoms with Crippen LogP contribution in [0.2, 0.25) is 10.0 Å². The van der Waals surface area contributed by atoms with E-state index in [2.05, 4.69) is 6.92 Å². The van der Waals surface area contributed by atoms with Gasteiger partial charge in [0.15, 0.2) is 0 Å². The Hall–Kier alpha value is -0.800. The number of hydrogen-bond acceptors (Lipinski definition) is 2. The van der Waals surface area contributed by atoms with E-state index >= 15 is 0 Å². The second-order valence-electron chi connectivity index (χ2n) is 3.27. The number of aryl methyl sites for hydroxylation is 1. The number of nitrogens with zero attached hydrogens (tertiary/aromatic N) is 1. The molecule has 0 aliphatic heterocycles. The van der Waals surface area contributed by atoms with Gasteiger partial charge in [0, 0.05) is 0 Å². The van der Waals surface area contributed by atoms with Crippen LogP contribution in [0.25, 0.3) is 0 Å². The summed E-state index contributed by atoms with van der Waals surface area (Å²) < 4.78 is 0. The molecular formula is C10H11Cl2NO2. The summed E-state index contributed by atoms with van der Waals surface area (Å²) in [6.07, 6.45) is 2.92. The maximum atomic E-state index is 10.6. The van der Waals surface area contributed by atoms with Gasteiger partial charge in [0.25, 0.3) is 0 Å². The Bertz CT molecular complexity index is 357. The molecule has 5 heteroatoms. The van der Waals surface area contributed by atoms with Gasteiger partial charge in [-0.05, 0) is 30.5 Å². The van der Waals surface area contributed by atoms with Crippen molar-refractivity contribution in [1.29, 1.82) is 0 Å². The molecule has 0 saturated carbocycles. The molecule has 0 aliphatic rings. The summed E-state index contributed by atoms with van der Waals surface area (Å²) in [5.41, 5.74) is 0.732. The van der Waals surface area contributed by atoms with E-state index in [1.807, 2.05) is 0 Å². The van der Waals surface area contributed by atoms with Crippen molar-refractivity contribution in [2.45, 2.75) is 26.2 Å². The van der Waals surface area contributed by atoms with Crippen LogP contribution in [-0.4, -0.2) is 4.92 Å². The zero-order valence-corrected chi connectivity index (χ0v) is 9.81. The fourth-order valence-corrected chi connectivity index (χ4v) is 1.99. The Morgan fingerprint density at radius 2 is 1.87 bits per heavy atom. The fourth-order valence-electron chi connectivity index (χ4n) is 1.32. The van der Waals surface area contributed by atoms with Crippen molar-refractivity contribution in [3.8, 4) is 0 Å². The predicted octanol–water partition coefficient (Wildman–Crippen LogP) is 4.24. The van der Waals surface area contributed by atoms with Crippen molar-refractivity contribution in [2.75, 3.05) is 0 Å². The third-order valence-electron chi connectivity index (χ3n) is 2.08. The maximum Gasteiger partial charge on any atom is 0.306 e. The molecule has 0 fully saturated rings. The largest absolute Gasteiger partial charge is 0.306 e. The molecule has 0 N–H and O–H groups in total. The fraction of sp³-hybridized carbons (Fsp3) is 0.400. The van der Waals surface area contributed by atoms with Crippen LogP contribution in [0.1, 0.15) is 25.3 Å². The molecule has 3 nitrogen and oxygen atoms in total. The summed E-state index contributed by atoms with van der Waals surface area (Å²) in [6, 6.07) is 3.22. The van der Waals surface area contributed by atoms with Crippen molar-refractivity contribution in [1.82, 2.24) is 0 Å². The van der Waals surface area contributed by atoms with Crippen LogP contribution in [0, 0.1) is 10.1 Å². The number of unbranched alkanes of at least 4 members (excludes halogenated alkanes) is 1. The van der Waals surface area contributed by atoms with Crippen LogP contribution < -0.4 is 0 Å². The number of nitro groups is 1. The van der Waals surface area contributed by atoms with Crippen molar-refractivity contribution < 1.29 is 4.92 Å². The first-order chi connectivity index (χ1) is 7.06. The minimum atomic E-state index is -0.561. The van der Waals surface area contributed by atoms with Crippen molar-refractivity contribution in [3.63, 3.8) is 0 Å². The monoisotopic (exact) mass is 247 g/mol. The summed E-state index contributed by atoms with van der Waals surface area (Å²) in [4.78, 5) is 10.0. The van der Waals surface area contributed by atoms with E-state index in [-0.39, 0.29) is 15.7 Å². The van der Waals surface area contributed by atoms with E-state index < -0.39 is 4.92 Å². The second kappa shape index (κ2) is 5.33. The van der Waals surface area contributed by atoms with Crippen LogP contribution in [0.4, 0.5) is 5.69 Å². The van der Waals surface area contributed by atoms with Crippen LogP contribution in [-0.2, 0) is 6.42 Å². The lowest BCUT2D eigenvalue weighted by molar-refractivity contribution is -0.384. The Morgan fingerprint density at radius 1 is 1.33 bits per heavy atom. The normalized spacial score (nSPS) is 10.3. The van der Waals surface area contributed by atoms with Crippen molar-refractivity contribution >= 4 is 28.9 Å². The van der Waals surface area contributed by atoms with Gasteiger partial charge in [0.05, 0.1) is 4.92 Å². The molecule has 0 heterocycles. The molecule has 1 aromatic rings. The second-order valence-corrected chi connectivity index (χ2v) is 4.08.